The first-order valence-corrected chi connectivity index (χ1v) is 9.92. The van der Waals surface area contributed by atoms with E-state index in [1.165, 1.54) is 11.1 Å². The normalized spacial score (nSPS) is 22.0. The van der Waals surface area contributed by atoms with E-state index < -0.39 is 0 Å². The third-order valence-corrected chi connectivity index (χ3v) is 5.93. The Kier molecular flexibility index (Phi) is 5.23. The molecule has 2 amide bonds. The van der Waals surface area contributed by atoms with E-state index in [4.69, 9.17) is 0 Å². The van der Waals surface area contributed by atoms with Crippen LogP contribution in [0, 0.1) is 11.8 Å². The molecule has 27 heavy (non-hydrogen) atoms. The summed E-state index contributed by atoms with van der Waals surface area (Å²) in [4.78, 5) is 27.4. The highest BCUT2D eigenvalue weighted by Gasteiger charge is 2.33. The highest BCUT2D eigenvalue weighted by atomic mass is 16.2. The van der Waals surface area contributed by atoms with Gasteiger partial charge < -0.3 is 10.2 Å². The average molecular weight is 362 g/mol. The molecular weight excluding hydrogens is 336 g/mol. The highest BCUT2D eigenvalue weighted by Crippen LogP contribution is 2.32. The molecule has 4 nitrogen and oxygen atoms in total. The van der Waals surface area contributed by atoms with E-state index in [-0.39, 0.29) is 23.7 Å². The SMILES string of the molecule is O=C(Nc1ccccc1)C1CCC(C(=O)N2CCc3ccccc3C2)CC1. The molecule has 1 saturated carbocycles. The van der Waals surface area contributed by atoms with Crippen LogP contribution in [0.2, 0.25) is 0 Å². The van der Waals surface area contributed by atoms with Crippen LogP contribution in [0.15, 0.2) is 54.6 Å². The van der Waals surface area contributed by atoms with Crippen LogP contribution < -0.4 is 5.32 Å². The molecule has 1 heterocycles. The zero-order valence-electron chi connectivity index (χ0n) is 15.6. The Labute approximate surface area is 160 Å². The molecule has 140 valence electrons. The summed E-state index contributed by atoms with van der Waals surface area (Å²) in [7, 11) is 0. The molecule has 0 radical (unpaired) electrons. The zero-order valence-corrected chi connectivity index (χ0v) is 15.6. The number of hydrogen-bond acceptors (Lipinski definition) is 2. The van der Waals surface area contributed by atoms with Gasteiger partial charge in [0.1, 0.15) is 0 Å². The number of nitrogens with zero attached hydrogens (tertiary/aromatic N) is 1. The van der Waals surface area contributed by atoms with Crippen LogP contribution in [0.25, 0.3) is 0 Å². The number of para-hydroxylation sites is 1. The third-order valence-electron chi connectivity index (χ3n) is 5.93. The maximum absolute atomic E-state index is 13.0. The van der Waals surface area contributed by atoms with E-state index in [0.717, 1.165) is 50.9 Å². The zero-order chi connectivity index (χ0) is 18.6. The third kappa shape index (κ3) is 4.05. The molecule has 1 aliphatic carbocycles. The highest BCUT2D eigenvalue weighted by molar-refractivity contribution is 5.92. The Morgan fingerprint density at radius 1 is 0.815 bits per heavy atom. The minimum absolute atomic E-state index is 0.0105. The smallest absolute Gasteiger partial charge is 0.227 e. The van der Waals surface area contributed by atoms with Gasteiger partial charge in [-0.25, -0.2) is 0 Å². The molecule has 0 atom stereocenters. The first-order chi connectivity index (χ1) is 13.2. The second-order valence-electron chi connectivity index (χ2n) is 7.68. The summed E-state index contributed by atoms with van der Waals surface area (Å²) in [6.07, 6.45) is 4.14. The molecule has 1 N–H and O–H groups in total. The summed E-state index contributed by atoms with van der Waals surface area (Å²) in [5.41, 5.74) is 3.48. The van der Waals surface area contributed by atoms with Crippen molar-refractivity contribution in [2.75, 3.05) is 11.9 Å². The number of benzene rings is 2. The van der Waals surface area contributed by atoms with Gasteiger partial charge >= 0.3 is 0 Å². The molecule has 1 fully saturated rings. The summed E-state index contributed by atoms with van der Waals surface area (Å²) >= 11 is 0. The van der Waals surface area contributed by atoms with Crippen molar-refractivity contribution in [2.45, 2.75) is 38.6 Å². The Morgan fingerprint density at radius 3 is 2.19 bits per heavy atom. The summed E-state index contributed by atoms with van der Waals surface area (Å²) < 4.78 is 0. The fraction of sp³-hybridized carbons (Fsp3) is 0.391. The lowest BCUT2D eigenvalue weighted by atomic mass is 9.80. The number of rotatable bonds is 3. The van der Waals surface area contributed by atoms with E-state index in [2.05, 4.69) is 23.5 Å². The van der Waals surface area contributed by atoms with Crippen molar-refractivity contribution in [3.63, 3.8) is 0 Å². The first-order valence-electron chi connectivity index (χ1n) is 9.92. The van der Waals surface area contributed by atoms with Crippen molar-refractivity contribution in [2.24, 2.45) is 11.8 Å². The summed E-state index contributed by atoms with van der Waals surface area (Å²) in [6, 6.07) is 18.0. The van der Waals surface area contributed by atoms with Crippen LogP contribution in [-0.2, 0) is 22.6 Å². The van der Waals surface area contributed by atoms with Crippen LogP contribution in [0.3, 0.4) is 0 Å². The van der Waals surface area contributed by atoms with Gasteiger partial charge in [0.05, 0.1) is 0 Å². The molecule has 4 rings (SSSR count). The molecule has 0 unspecified atom stereocenters. The largest absolute Gasteiger partial charge is 0.338 e. The lowest BCUT2D eigenvalue weighted by Crippen LogP contribution is -2.41. The number of amides is 2. The van der Waals surface area contributed by atoms with Gasteiger partial charge in [-0.2, -0.15) is 0 Å². The van der Waals surface area contributed by atoms with Gasteiger partial charge in [0, 0.05) is 30.6 Å². The maximum Gasteiger partial charge on any atom is 0.227 e. The Balaban J connectivity index is 1.30. The van der Waals surface area contributed by atoms with Gasteiger partial charge in [-0.15, -0.1) is 0 Å². The summed E-state index contributed by atoms with van der Waals surface area (Å²) in [5, 5.41) is 3.00. The van der Waals surface area contributed by atoms with E-state index in [1.54, 1.807) is 0 Å². The molecule has 0 bridgehead atoms. The fourth-order valence-corrected chi connectivity index (χ4v) is 4.31. The standard InChI is InChI=1S/C23H26N2O2/c26-22(24-21-8-2-1-3-9-21)18-10-12-19(13-11-18)23(27)25-15-14-17-6-4-5-7-20(17)16-25/h1-9,18-19H,10-16H2,(H,24,26). The molecular formula is C23H26N2O2. The van der Waals surface area contributed by atoms with E-state index in [9.17, 15) is 9.59 Å². The van der Waals surface area contributed by atoms with Gasteiger partial charge in [-0.05, 0) is 55.4 Å². The van der Waals surface area contributed by atoms with Crippen molar-refractivity contribution >= 4 is 17.5 Å². The summed E-state index contributed by atoms with van der Waals surface area (Å²) in [5.74, 6) is 0.429. The van der Waals surface area contributed by atoms with Crippen molar-refractivity contribution in [3.8, 4) is 0 Å². The van der Waals surface area contributed by atoms with Crippen LogP contribution in [-0.4, -0.2) is 23.3 Å². The summed E-state index contributed by atoms with van der Waals surface area (Å²) in [6.45, 7) is 1.54. The lowest BCUT2D eigenvalue weighted by molar-refractivity contribution is -0.138. The Hall–Kier alpha value is -2.62. The Morgan fingerprint density at radius 2 is 1.44 bits per heavy atom. The fourth-order valence-electron chi connectivity index (χ4n) is 4.31. The van der Waals surface area contributed by atoms with Gasteiger partial charge in [0.25, 0.3) is 0 Å². The Bertz CT molecular complexity index is 810. The van der Waals surface area contributed by atoms with Gasteiger partial charge in [0.15, 0.2) is 0 Å². The number of nitrogens with one attached hydrogen (secondary N) is 1. The maximum atomic E-state index is 13.0. The lowest BCUT2D eigenvalue weighted by Gasteiger charge is -2.34. The number of carbonyl (C=O) groups is 2. The van der Waals surface area contributed by atoms with Crippen molar-refractivity contribution in [1.29, 1.82) is 0 Å². The predicted molar refractivity (Wildman–Crippen MR) is 106 cm³/mol. The van der Waals surface area contributed by atoms with Crippen LogP contribution in [0.5, 0.6) is 0 Å². The molecule has 2 aromatic rings. The molecule has 0 spiro atoms. The van der Waals surface area contributed by atoms with Crippen molar-refractivity contribution in [1.82, 2.24) is 4.90 Å². The van der Waals surface area contributed by atoms with Crippen LogP contribution in [0.1, 0.15) is 36.8 Å². The van der Waals surface area contributed by atoms with E-state index in [0.29, 0.717) is 0 Å². The second-order valence-corrected chi connectivity index (χ2v) is 7.68. The van der Waals surface area contributed by atoms with Gasteiger partial charge in [-0.3, -0.25) is 9.59 Å². The van der Waals surface area contributed by atoms with Crippen LogP contribution >= 0.6 is 0 Å². The molecule has 0 aromatic heterocycles. The number of carbonyl (C=O) groups excluding carboxylic acids is 2. The monoisotopic (exact) mass is 362 g/mol. The van der Waals surface area contributed by atoms with Crippen molar-refractivity contribution in [3.05, 3.63) is 65.7 Å². The molecule has 2 aliphatic rings. The molecule has 1 aliphatic heterocycles. The number of fused-ring (bicyclic) bond motifs is 1. The molecule has 0 saturated heterocycles. The average Bonchev–Trinajstić information content (AvgIpc) is 2.73. The predicted octanol–water partition coefficient (Wildman–Crippen LogP) is 4.02. The van der Waals surface area contributed by atoms with Gasteiger partial charge in [0.2, 0.25) is 11.8 Å². The molecule has 2 aromatic carbocycles. The van der Waals surface area contributed by atoms with E-state index >= 15 is 0 Å². The van der Waals surface area contributed by atoms with Crippen LogP contribution in [0.4, 0.5) is 5.69 Å². The van der Waals surface area contributed by atoms with Gasteiger partial charge in [-0.1, -0.05) is 42.5 Å². The first kappa shape index (κ1) is 17.8. The topological polar surface area (TPSA) is 49.4 Å². The minimum atomic E-state index is 0.0105. The quantitative estimate of drug-likeness (QED) is 0.897. The number of hydrogen-bond donors (Lipinski definition) is 1. The molecule has 4 heteroatoms. The number of anilines is 1. The second kappa shape index (κ2) is 7.95. The minimum Gasteiger partial charge on any atom is -0.338 e. The van der Waals surface area contributed by atoms with E-state index in [1.807, 2.05) is 41.3 Å². The van der Waals surface area contributed by atoms with Crippen molar-refractivity contribution < 1.29 is 9.59 Å².